The van der Waals surface area contributed by atoms with Gasteiger partial charge in [0.25, 0.3) is 0 Å². The van der Waals surface area contributed by atoms with Crippen LogP contribution in [0.5, 0.6) is 0 Å². The molecule has 2 N–H and O–H groups in total. The maximum absolute atomic E-state index is 5.72. The van der Waals surface area contributed by atoms with E-state index in [1.54, 1.807) is 12.5 Å². The molecule has 0 radical (unpaired) electrons. The molecule has 1 aromatic rings. The van der Waals surface area contributed by atoms with Crippen LogP contribution in [0.2, 0.25) is 0 Å². The molecule has 1 aliphatic carbocycles. The number of rotatable bonds is 1. The average Bonchev–Trinajstić information content (AvgIpc) is 2.70. The van der Waals surface area contributed by atoms with E-state index >= 15 is 0 Å². The van der Waals surface area contributed by atoms with Gasteiger partial charge in [0.1, 0.15) is 6.33 Å². The van der Waals surface area contributed by atoms with Crippen LogP contribution >= 0.6 is 0 Å². The number of hydrogen-bond acceptors (Lipinski definition) is 3. The van der Waals surface area contributed by atoms with Crippen molar-refractivity contribution in [3.63, 3.8) is 0 Å². The average molecular weight is 149 g/mol. The molecule has 3 heteroatoms. The lowest BCUT2D eigenvalue weighted by Gasteiger charge is -2.08. The van der Waals surface area contributed by atoms with Crippen molar-refractivity contribution in [3.05, 3.63) is 18.2 Å². The minimum Gasteiger partial charge on any atom is -0.396 e. The van der Waals surface area contributed by atoms with Crippen molar-refractivity contribution in [2.24, 2.45) is 0 Å². The van der Waals surface area contributed by atoms with E-state index < -0.39 is 0 Å². The second-order valence-corrected chi connectivity index (χ2v) is 3.39. The standard InChI is InChI=1S/C8H11N3/c1-8(2-3-8)7-6(9)4-10-5-11-7/h4-5H,2-3,9H2,1H3. The quantitative estimate of drug-likeness (QED) is 0.650. The van der Waals surface area contributed by atoms with Gasteiger partial charge in [0.05, 0.1) is 17.6 Å². The van der Waals surface area contributed by atoms with E-state index in [4.69, 9.17) is 5.73 Å². The molecule has 0 spiro atoms. The van der Waals surface area contributed by atoms with Crippen molar-refractivity contribution >= 4 is 5.69 Å². The van der Waals surface area contributed by atoms with Crippen LogP contribution in [0.4, 0.5) is 5.69 Å². The Kier molecular flexibility index (Phi) is 1.16. The Morgan fingerprint density at radius 3 is 2.82 bits per heavy atom. The van der Waals surface area contributed by atoms with Crippen LogP contribution in [-0.2, 0) is 5.41 Å². The lowest BCUT2D eigenvalue weighted by atomic mass is 10.0. The summed E-state index contributed by atoms with van der Waals surface area (Å²) in [6.07, 6.45) is 5.64. The van der Waals surface area contributed by atoms with Gasteiger partial charge in [0.2, 0.25) is 0 Å². The first-order chi connectivity index (χ1) is 5.22. The third kappa shape index (κ3) is 0.964. The normalized spacial score (nSPS) is 19.7. The minimum absolute atomic E-state index is 0.257. The zero-order valence-corrected chi connectivity index (χ0v) is 6.54. The number of nitrogen functional groups attached to an aromatic ring is 1. The molecule has 0 amide bonds. The molecule has 58 valence electrons. The molecule has 0 unspecified atom stereocenters. The Morgan fingerprint density at radius 2 is 2.27 bits per heavy atom. The minimum atomic E-state index is 0.257. The maximum atomic E-state index is 5.72. The van der Waals surface area contributed by atoms with E-state index in [2.05, 4.69) is 16.9 Å². The topological polar surface area (TPSA) is 51.8 Å². The second-order valence-electron chi connectivity index (χ2n) is 3.39. The Morgan fingerprint density at radius 1 is 1.55 bits per heavy atom. The summed E-state index contributed by atoms with van der Waals surface area (Å²) in [5.41, 5.74) is 7.73. The molecule has 1 aromatic heterocycles. The summed E-state index contributed by atoms with van der Waals surface area (Å²) >= 11 is 0. The fourth-order valence-corrected chi connectivity index (χ4v) is 1.27. The third-order valence-corrected chi connectivity index (χ3v) is 2.31. The number of anilines is 1. The lowest BCUT2D eigenvalue weighted by Crippen LogP contribution is -2.07. The molecule has 0 atom stereocenters. The zero-order chi connectivity index (χ0) is 7.90. The van der Waals surface area contributed by atoms with Crippen molar-refractivity contribution < 1.29 is 0 Å². The van der Waals surface area contributed by atoms with Gasteiger partial charge in [-0.1, -0.05) is 6.92 Å². The van der Waals surface area contributed by atoms with Gasteiger partial charge in [0.15, 0.2) is 0 Å². The van der Waals surface area contributed by atoms with E-state index in [1.807, 2.05) is 0 Å². The molecule has 0 saturated heterocycles. The summed E-state index contributed by atoms with van der Waals surface area (Å²) in [5, 5.41) is 0. The van der Waals surface area contributed by atoms with Gasteiger partial charge in [-0.05, 0) is 12.8 Å². The van der Waals surface area contributed by atoms with E-state index in [-0.39, 0.29) is 5.41 Å². The van der Waals surface area contributed by atoms with E-state index in [1.165, 1.54) is 12.8 Å². The van der Waals surface area contributed by atoms with Gasteiger partial charge >= 0.3 is 0 Å². The first-order valence-corrected chi connectivity index (χ1v) is 3.78. The highest BCUT2D eigenvalue weighted by atomic mass is 14.9. The van der Waals surface area contributed by atoms with Crippen LogP contribution in [0.3, 0.4) is 0 Å². The maximum Gasteiger partial charge on any atom is 0.115 e. The highest BCUT2D eigenvalue weighted by Gasteiger charge is 2.41. The number of nitrogens with two attached hydrogens (primary N) is 1. The molecule has 1 saturated carbocycles. The van der Waals surface area contributed by atoms with Crippen LogP contribution in [0.1, 0.15) is 25.5 Å². The molecule has 1 aliphatic rings. The van der Waals surface area contributed by atoms with Gasteiger partial charge in [-0.15, -0.1) is 0 Å². The fourth-order valence-electron chi connectivity index (χ4n) is 1.27. The van der Waals surface area contributed by atoms with Crippen molar-refractivity contribution in [1.29, 1.82) is 0 Å². The Hall–Kier alpha value is -1.12. The highest BCUT2D eigenvalue weighted by Crippen LogP contribution is 2.48. The Labute approximate surface area is 65.7 Å². The van der Waals surface area contributed by atoms with Crippen LogP contribution in [0.25, 0.3) is 0 Å². The molecular formula is C8H11N3. The van der Waals surface area contributed by atoms with Gasteiger partial charge in [0, 0.05) is 5.41 Å². The van der Waals surface area contributed by atoms with Crippen LogP contribution in [0, 0.1) is 0 Å². The zero-order valence-electron chi connectivity index (χ0n) is 6.54. The summed E-state index contributed by atoms with van der Waals surface area (Å²) in [6, 6.07) is 0. The molecule has 11 heavy (non-hydrogen) atoms. The van der Waals surface area contributed by atoms with E-state index in [0.29, 0.717) is 0 Å². The molecule has 0 aromatic carbocycles. The Balaban J connectivity index is 2.45. The van der Waals surface area contributed by atoms with Crippen molar-refractivity contribution in [1.82, 2.24) is 9.97 Å². The molecule has 2 rings (SSSR count). The van der Waals surface area contributed by atoms with Gasteiger partial charge in [-0.3, -0.25) is 0 Å². The van der Waals surface area contributed by atoms with Crippen LogP contribution < -0.4 is 5.73 Å². The molecule has 3 nitrogen and oxygen atoms in total. The number of hydrogen-bond donors (Lipinski definition) is 1. The summed E-state index contributed by atoms with van der Waals surface area (Å²) in [7, 11) is 0. The van der Waals surface area contributed by atoms with E-state index in [9.17, 15) is 0 Å². The first-order valence-electron chi connectivity index (χ1n) is 3.78. The van der Waals surface area contributed by atoms with Gasteiger partial charge in [-0.25, -0.2) is 9.97 Å². The van der Waals surface area contributed by atoms with Gasteiger partial charge < -0.3 is 5.73 Å². The van der Waals surface area contributed by atoms with Crippen molar-refractivity contribution in [2.75, 3.05) is 5.73 Å². The predicted octanol–water partition coefficient (Wildman–Crippen LogP) is 1.11. The predicted molar refractivity (Wildman–Crippen MR) is 43.0 cm³/mol. The second kappa shape index (κ2) is 1.94. The largest absolute Gasteiger partial charge is 0.396 e. The van der Waals surface area contributed by atoms with Crippen molar-refractivity contribution in [3.8, 4) is 0 Å². The van der Waals surface area contributed by atoms with Crippen molar-refractivity contribution in [2.45, 2.75) is 25.2 Å². The molecule has 1 fully saturated rings. The summed E-state index contributed by atoms with van der Waals surface area (Å²) < 4.78 is 0. The fraction of sp³-hybridized carbons (Fsp3) is 0.500. The molecule has 1 heterocycles. The highest BCUT2D eigenvalue weighted by molar-refractivity contribution is 5.46. The number of aromatic nitrogens is 2. The monoisotopic (exact) mass is 149 g/mol. The lowest BCUT2D eigenvalue weighted by molar-refractivity contribution is 0.748. The molecular weight excluding hydrogens is 138 g/mol. The smallest absolute Gasteiger partial charge is 0.115 e. The first kappa shape index (κ1) is 6.58. The number of nitrogens with zero attached hydrogens (tertiary/aromatic N) is 2. The van der Waals surface area contributed by atoms with Gasteiger partial charge in [-0.2, -0.15) is 0 Å². The molecule has 0 bridgehead atoms. The van der Waals surface area contributed by atoms with Crippen LogP contribution in [0.15, 0.2) is 12.5 Å². The summed E-state index contributed by atoms with van der Waals surface area (Å²) in [6.45, 7) is 2.19. The Bertz CT molecular complexity index is 278. The SMILES string of the molecule is CC1(c2ncncc2N)CC1. The third-order valence-electron chi connectivity index (χ3n) is 2.31. The van der Waals surface area contributed by atoms with Crippen LogP contribution in [-0.4, -0.2) is 9.97 Å². The summed E-state index contributed by atoms with van der Waals surface area (Å²) in [4.78, 5) is 8.03. The van der Waals surface area contributed by atoms with E-state index in [0.717, 1.165) is 11.4 Å². The summed E-state index contributed by atoms with van der Waals surface area (Å²) in [5.74, 6) is 0. The molecule has 0 aliphatic heterocycles.